The van der Waals surface area contributed by atoms with Gasteiger partial charge in [0, 0.05) is 15.0 Å². The smallest absolute Gasteiger partial charge is 0.0497 e. The first kappa shape index (κ1) is 12.9. The molecular formula is C11H14Br2N2. The molecule has 0 spiro atoms. The van der Waals surface area contributed by atoms with Gasteiger partial charge in [-0.15, -0.1) is 6.58 Å². The van der Waals surface area contributed by atoms with Crippen molar-refractivity contribution in [2.45, 2.75) is 19.4 Å². The van der Waals surface area contributed by atoms with Crippen molar-refractivity contribution < 1.29 is 0 Å². The van der Waals surface area contributed by atoms with Gasteiger partial charge in [0.15, 0.2) is 0 Å². The molecule has 3 N–H and O–H groups in total. The van der Waals surface area contributed by atoms with Crippen LogP contribution < -0.4 is 11.3 Å². The van der Waals surface area contributed by atoms with E-state index in [9.17, 15) is 0 Å². The highest BCUT2D eigenvalue weighted by Crippen LogP contribution is 2.26. The lowest BCUT2D eigenvalue weighted by Crippen LogP contribution is -2.28. The van der Waals surface area contributed by atoms with Crippen molar-refractivity contribution in [3.8, 4) is 0 Å². The standard InChI is InChI=1S/C11H14Br2N2/c1-7(2)3-11(15-14)8-4-9(12)6-10(13)5-8/h4-6,11,15H,1,3,14H2,2H3. The fourth-order valence-electron chi connectivity index (χ4n) is 1.40. The first-order valence-corrected chi connectivity index (χ1v) is 6.18. The first-order chi connectivity index (χ1) is 7.02. The topological polar surface area (TPSA) is 38.0 Å². The third kappa shape index (κ3) is 4.07. The van der Waals surface area contributed by atoms with Crippen molar-refractivity contribution >= 4 is 31.9 Å². The van der Waals surface area contributed by atoms with E-state index >= 15 is 0 Å². The fourth-order valence-corrected chi connectivity index (χ4v) is 2.73. The first-order valence-electron chi connectivity index (χ1n) is 4.59. The summed E-state index contributed by atoms with van der Waals surface area (Å²) in [5.41, 5.74) is 5.05. The molecule has 1 rings (SSSR count). The summed E-state index contributed by atoms with van der Waals surface area (Å²) in [7, 11) is 0. The predicted molar refractivity (Wildman–Crippen MR) is 71.3 cm³/mol. The van der Waals surface area contributed by atoms with Crippen LogP contribution in [0.25, 0.3) is 0 Å². The minimum absolute atomic E-state index is 0.108. The molecule has 0 aliphatic carbocycles. The summed E-state index contributed by atoms with van der Waals surface area (Å²) in [5, 5.41) is 0. The van der Waals surface area contributed by atoms with Crippen LogP contribution in [0.2, 0.25) is 0 Å². The van der Waals surface area contributed by atoms with Crippen LogP contribution in [0.4, 0.5) is 0 Å². The van der Waals surface area contributed by atoms with E-state index in [2.05, 4.69) is 56.0 Å². The van der Waals surface area contributed by atoms with E-state index in [4.69, 9.17) is 5.84 Å². The summed E-state index contributed by atoms with van der Waals surface area (Å²) in [6, 6.07) is 6.21. The Morgan fingerprint density at radius 2 is 1.93 bits per heavy atom. The molecule has 0 radical (unpaired) electrons. The fraction of sp³-hybridized carbons (Fsp3) is 0.273. The molecule has 82 valence electrons. The highest BCUT2D eigenvalue weighted by atomic mass is 79.9. The van der Waals surface area contributed by atoms with Crippen LogP contribution in [0.3, 0.4) is 0 Å². The molecule has 0 heterocycles. The average molecular weight is 334 g/mol. The van der Waals surface area contributed by atoms with Gasteiger partial charge in [-0.1, -0.05) is 37.4 Å². The molecule has 0 saturated heterocycles. The third-order valence-corrected chi connectivity index (χ3v) is 2.96. The van der Waals surface area contributed by atoms with Gasteiger partial charge in [0.05, 0.1) is 0 Å². The van der Waals surface area contributed by atoms with E-state index in [-0.39, 0.29) is 6.04 Å². The Morgan fingerprint density at radius 3 is 2.33 bits per heavy atom. The molecule has 0 saturated carbocycles. The van der Waals surface area contributed by atoms with Gasteiger partial charge < -0.3 is 0 Å². The number of rotatable bonds is 4. The maximum atomic E-state index is 5.53. The third-order valence-electron chi connectivity index (χ3n) is 2.04. The molecule has 0 aromatic heterocycles. The molecule has 1 aromatic carbocycles. The molecule has 1 unspecified atom stereocenters. The van der Waals surface area contributed by atoms with Crippen LogP contribution in [0.5, 0.6) is 0 Å². The highest BCUT2D eigenvalue weighted by Gasteiger charge is 2.10. The summed E-state index contributed by atoms with van der Waals surface area (Å²) in [4.78, 5) is 0. The van der Waals surface area contributed by atoms with E-state index in [1.807, 2.05) is 13.0 Å². The van der Waals surface area contributed by atoms with Crippen LogP contribution in [-0.2, 0) is 0 Å². The van der Waals surface area contributed by atoms with E-state index in [0.717, 1.165) is 26.5 Å². The minimum Gasteiger partial charge on any atom is -0.271 e. The maximum absolute atomic E-state index is 5.53. The summed E-state index contributed by atoms with van der Waals surface area (Å²) in [6.45, 7) is 5.89. The molecule has 15 heavy (non-hydrogen) atoms. The van der Waals surface area contributed by atoms with Gasteiger partial charge in [0.25, 0.3) is 0 Å². The average Bonchev–Trinajstić information content (AvgIpc) is 2.12. The lowest BCUT2D eigenvalue weighted by atomic mass is 10.0. The van der Waals surface area contributed by atoms with Crippen molar-refractivity contribution in [3.05, 3.63) is 44.9 Å². The van der Waals surface area contributed by atoms with Crippen LogP contribution in [0.15, 0.2) is 39.3 Å². The second-order valence-corrected chi connectivity index (χ2v) is 5.41. The van der Waals surface area contributed by atoms with Crippen molar-refractivity contribution in [2.24, 2.45) is 5.84 Å². The highest BCUT2D eigenvalue weighted by molar-refractivity contribution is 9.11. The van der Waals surface area contributed by atoms with Crippen LogP contribution in [0.1, 0.15) is 24.9 Å². The van der Waals surface area contributed by atoms with Gasteiger partial charge in [-0.25, -0.2) is 0 Å². The summed E-state index contributed by atoms with van der Waals surface area (Å²) >= 11 is 6.91. The Hall–Kier alpha value is -0.160. The number of nitrogens with one attached hydrogen (secondary N) is 1. The largest absolute Gasteiger partial charge is 0.271 e. The quantitative estimate of drug-likeness (QED) is 0.501. The Bertz CT molecular complexity index is 343. The molecule has 0 aliphatic rings. The van der Waals surface area contributed by atoms with E-state index in [1.54, 1.807) is 0 Å². The molecule has 1 aromatic rings. The predicted octanol–water partition coefficient (Wildman–Crippen LogP) is 3.68. The van der Waals surface area contributed by atoms with Gasteiger partial charge in [-0.05, 0) is 37.1 Å². The Morgan fingerprint density at radius 1 is 1.40 bits per heavy atom. The molecule has 2 nitrogen and oxygen atoms in total. The van der Waals surface area contributed by atoms with E-state index < -0.39 is 0 Å². The zero-order valence-electron chi connectivity index (χ0n) is 8.56. The Balaban J connectivity index is 2.95. The summed E-state index contributed by atoms with van der Waals surface area (Å²) in [5.74, 6) is 5.53. The normalized spacial score (nSPS) is 12.5. The number of halogens is 2. The van der Waals surface area contributed by atoms with Crippen molar-refractivity contribution in [2.75, 3.05) is 0 Å². The van der Waals surface area contributed by atoms with Gasteiger partial charge >= 0.3 is 0 Å². The Labute approximate surface area is 107 Å². The van der Waals surface area contributed by atoms with Crippen LogP contribution in [-0.4, -0.2) is 0 Å². The van der Waals surface area contributed by atoms with Crippen molar-refractivity contribution in [1.29, 1.82) is 0 Å². The lowest BCUT2D eigenvalue weighted by molar-refractivity contribution is 0.550. The number of hydrogen-bond acceptors (Lipinski definition) is 2. The molecule has 0 aliphatic heterocycles. The summed E-state index contributed by atoms with van der Waals surface area (Å²) in [6.07, 6.45) is 0.833. The van der Waals surface area contributed by atoms with Crippen molar-refractivity contribution in [1.82, 2.24) is 5.43 Å². The zero-order chi connectivity index (χ0) is 11.4. The van der Waals surface area contributed by atoms with Crippen molar-refractivity contribution in [3.63, 3.8) is 0 Å². The number of nitrogens with two attached hydrogens (primary N) is 1. The lowest BCUT2D eigenvalue weighted by Gasteiger charge is -2.17. The minimum atomic E-state index is 0.108. The summed E-state index contributed by atoms with van der Waals surface area (Å²) < 4.78 is 2.07. The number of hydrazine groups is 1. The second kappa shape index (κ2) is 5.80. The van der Waals surface area contributed by atoms with Gasteiger partial charge in [0.1, 0.15) is 0 Å². The molecular weight excluding hydrogens is 320 g/mol. The van der Waals surface area contributed by atoms with Gasteiger partial charge in [-0.3, -0.25) is 11.3 Å². The number of benzene rings is 1. The second-order valence-electron chi connectivity index (χ2n) is 3.58. The number of hydrogen-bond donors (Lipinski definition) is 2. The molecule has 1 atom stereocenters. The van der Waals surface area contributed by atoms with E-state index in [0.29, 0.717) is 0 Å². The molecule has 4 heteroatoms. The Kier molecular flexibility index (Phi) is 4.99. The van der Waals surface area contributed by atoms with Crippen LogP contribution in [0, 0.1) is 0 Å². The molecule has 0 fully saturated rings. The zero-order valence-corrected chi connectivity index (χ0v) is 11.7. The van der Waals surface area contributed by atoms with Gasteiger partial charge in [-0.2, -0.15) is 0 Å². The SMILES string of the molecule is C=C(C)CC(NN)c1cc(Br)cc(Br)c1. The van der Waals surface area contributed by atoms with Gasteiger partial charge in [0.2, 0.25) is 0 Å². The molecule has 0 amide bonds. The van der Waals surface area contributed by atoms with Crippen LogP contribution >= 0.6 is 31.9 Å². The van der Waals surface area contributed by atoms with E-state index in [1.165, 1.54) is 0 Å². The molecule has 0 bridgehead atoms. The monoisotopic (exact) mass is 332 g/mol. The maximum Gasteiger partial charge on any atom is 0.0497 e.